The van der Waals surface area contributed by atoms with E-state index in [9.17, 15) is 14.4 Å². The van der Waals surface area contributed by atoms with Crippen molar-refractivity contribution in [1.29, 1.82) is 5.41 Å². The molecule has 0 saturated carbocycles. The summed E-state index contributed by atoms with van der Waals surface area (Å²) in [6.45, 7) is 0.396. The highest BCUT2D eigenvalue weighted by atomic mass is 16.2. The second kappa shape index (κ2) is 11.9. The van der Waals surface area contributed by atoms with Crippen molar-refractivity contribution >= 4 is 34.3 Å². The first kappa shape index (κ1) is 25.5. The Kier molecular flexibility index (Phi) is 8.66. The highest BCUT2D eigenvalue weighted by molar-refractivity contribution is 6.19. The number of nitrogens with two attached hydrogens (primary N) is 3. The molecule has 9 nitrogen and oxygen atoms in total. The first-order valence-electron chi connectivity index (χ1n) is 11.3. The van der Waals surface area contributed by atoms with Crippen molar-refractivity contribution in [3.63, 3.8) is 0 Å². The number of rotatable bonds is 10. The molecule has 0 saturated heterocycles. The van der Waals surface area contributed by atoms with Crippen LogP contribution in [-0.2, 0) is 11.2 Å². The molecule has 0 fully saturated rings. The van der Waals surface area contributed by atoms with Crippen LogP contribution in [0.15, 0.2) is 66.7 Å². The van der Waals surface area contributed by atoms with Crippen LogP contribution in [0.5, 0.6) is 0 Å². The van der Waals surface area contributed by atoms with Crippen LogP contribution in [0.2, 0.25) is 0 Å². The Balaban J connectivity index is 1.81. The van der Waals surface area contributed by atoms with Crippen LogP contribution in [0.3, 0.4) is 0 Å². The van der Waals surface area contributed by atoms with E-state index >= 15 is 0 Å². The number of guanidine groups is 1. The average Bonchev–Trinajstić information content (AvgIpc) is 2.85. The lowest BCUT2D eigenvalue weighted by Crippen LogP contribution is -2.45. The molecule has 2 amide bonds. The zero-order valence-corrected chi connectivity index (χ0v) is 19.3. The number of imide groups is 1. The number of carbonyl (C=O) groups excluding carboxylic acids is 3. The summed E-state index contributed by atoms with van der Waals surface area (Å²) in [5.41, 5.74) is 18.6. The third kappa shape index (κ3) is 6.72. The van der Waals surface area contributed by atoms with Gasteiger partial charge < -0.3 is 22.5 Å². The topological polar surface area (TPSA) is 177 Å². The molecule has 3 rings (SSSR count). The molecule has 3 aromatic carbocycles. The number of amides is 2. The minimum absolute atomic E-state index is 0.0614. The maximum atomic E-state index is 13.4. The number of fused-ring (bicyclic) bond motifs is 1. The normalized spacial score (nSPS) is 12.5. The van der Waals surface area contributed by atoms with Crippen LogP contribution in [0.4, 0.5) is 0 Å². The molecule has 0 radical (unpaired) electrons. The summed E-state index contributed by atoms with van der Waals surface area (Å²) in [7, 11) is 0. The second-order valence-corrected chi connectivity index (χ2v) is 8.28. The van der Waals surface area contributed by atoms with Gasteiger partial charge in [-0.05, 0) is 41.7 Å². The Labute approximate surface area is 203 Å². The van der Waals surface area contributed by atoms with Crippen LogP contribution in [0, 0.1) is 5.41 Å². The van der Waals surface area contributed by atoms with Crippen LogP contribution in [0.1, 0.15) is 39.1 Å². The van der Waals surface area contributed by atoms with Crippen LogP contribution < -0.4 is 27.8 Å². The van der Waals surface area contributed by atoms with Crippen molar-refractivity contribution in [2.75, 3.05) is 6.54 Å². The van der Waals surface area contributed by atoms with Crippen molar-refractivity contribution in [2.24, 2.45) is 17.2 Å². The zero-order valence-electron chi connectivity index (χ0n) is 19.3. The van der Waals surface area contributed by atoms with Crippen LogP contribution >= 0.6 is 0 Å². The predicted molar refractivity (Wildman–Crippen MR) is 136 cm³/mol. The van der Waals surface area contributed by atoms with Gasteiger partial charge in [0.05, 0.1) is 17.6 Å². The molecule has 0 unspecified atom stereocenters. The summed E-state index contributed by atoms with van der Waals surface area (Å²) >= 11 is 0. The molecule has 0 aliphatic heterocycles. The van der Waals surface area contributed by atoms with E-state index in [1.54, 1.807) is 18.2 Å². The van der Waals surface area contributed by atoms with Gasteiger partial charge in [-0.2, -0.15) is 0 Å². The number of hydrogen-bond acceptors (Lipinski definition) is 6. The lowest BCUT2D eigenvalue weighted by molar-refractivity contribution is -0.121. The van der Waals surface area contributed by atoms with Gasteiger partial charge >= 0.3 is 0 Å². The summed E-state index contributed by atoms with van der Waals surface area (Å²) < 4.78 is 0. The van der Waals surface area contributed by atoms with Gasteiger partial charge in [0.1, 0.15) is 0 Å². The Morgan fingerprint density at radius 1 is 0.886 bits per heavy atom. The monoisotopic (exact) mass is 474 g/mol. The molecular weight excluding hydrogens is 444 g/mol. The minimum atomic E-state index is -0.933. The molecule has 3 aromatic rings. The Hall–Kier alpha value is -4.08. The number of ketones is 1. The maximum absolute atomic E-state index is 13.4. The van der Waals surface area contributed by atoms with Gasteiger partial charge in [-0.3, -0.25) is 25.1 Å². The minimum Gasteiger partial charge on any atom is -0.370 e. The van der Waals surface area contributed by atoms with Gasteiger partial charge in [-0.15, -0.1) is 0 Å². The highest BCUT2D eigenvalue weighted by Crippen LogP contribution is 2.25. The van der Waals surface area contributed by atoms with E-state index in [1.165, 1.54) is 6.07 Å². The SMILES string of the molecule is N=C(N)NCCC[C@H](N)C(=O)c1c(C(=O)NC(=O)[C@@H](N)Cc2ccccc2)ccc2ccccc12. The number of nitrogens with one attached hydrogen (secondary N) is 3. The van der Waals surface area contributed by atoms with E-state index in [4.69, 9.17) is 22.6 Å². The van der Waals surface area contributed by atoms with Crippen molar-refractivity contribution in [3.8, 4) is 0 Å². The van der Waals surface area contributed by atoms with Crippen molar-refractivity contribution in [2.45, 2.75) is 31.3 Å². The van der Waals surface area contributed by atoms with Gasteiger partial charge in [-0.1, -0.05) is 60.7 Å². The Morgan fingerprint density at radius 2 is 1.57 bits per heavy atom. The fourth-order valence-electron chi connectivity index (χ4n) is 3.82. The summed E-state index contributed by atoms with van der Waals surface area (Å²) in [5, 5.41) is 13.5. The maximum Gasteiger partial charge on any atom is 0.258 e. The fourth-order valence-corrected chi connectivity index (χ4v) is 3.82. The summed E-state index contributed by atoms with van der Waals surface area (Å²) in [5.74, 6) is -1.91. The fraction of sp³-hybridized carbons (Fsp3) is 0.231. The van der Waals surface area contributed by atoms with Gasteiger partial charge in [0.25, 0.3) is 5.91 Å². The van der Waals surface area contributed by atoms with Crippen molar-refractivity contribution in [1.82, 2.24) is 10.6 Å². The Bertz CT molecular complexity index is 1230. The molecule has 0 spiro atoms. The zero-order chi connectivity index (χ0) is 25.4. The Morgan fingerprint density at radius 3 is 2.29 bits per heavy atom. The van der Waals surface area contributed by atoms with Gasteiger partial charge in [0.2, 0.25) is 5.91 Å². The lowest BCUT2D eigenvalue weighted by Gasteiger charge is -2.17. The molecular formula is C26H30N6O3. The van der Waals surface area contributed by atoms with E-state index in [-0.39, 0.29) is 23.5 Å². The quantitative estimate of drug-likeness (QED) is 0.111. The van der Waals surface area contributed by atoms with Crippen LogP contribution in [-0.4, -0.2) is 42.2 Å². The molecule has 0 aromatic heterocycles. The molecule has 182 valence electrons. The molecule has 2 atom stereocenters. The van der Waals surface area contributed by atoms with E-state index in [1.807, 2.05) is 42.5 Å². The third-order valence-electron chi connectivity index (χ3n) is 5.64. The van der Waals surface area contributed by atoms with Gasteiger partial charge in [0, 0.05) is 12.1 Å². The molecule has 0 heterocycles. The molecule has 0 aliphatic rings. The second-order valence-electron chi connectivity index (χ2n) is 8.28. The lowest BCUT2D eigenvalue weighted by atomic mass is 9.91. The van der Waals surface area contributed by atoms with Gasteiger partial charge in [-0.25, -0.2) is 0 Å². The van der Waals surface area contributed by atoms with E-state index in [0.29, 0.717) is 24.8 Å². The van der Waals surface area contributed by atoms with Gasteiger partial charge in [0.15, 0.2) is 11.7 Å². The third-order valence-corrected chi connectivity index (χ3v) is 5.64. The van der Waals surface area contributed by atoms with Crippen molar-refractivity contribution < 1.29 is 14.4 Å². The highest BCUT2D eigenvalue weighted by Gasteiger charge is 2.26. The number of Topliss-reactive ketones (excluding diaryl/α,β-unsaturated/α-hetero) is 1. The van der Waals surface area contributed by atoms with E-state index in [2.05, 4.69) is 10.6 Å². The van der Waals surface area contributed by atoms with Crippen LogP contribution in [0.25, 0.3) is 10.8 Å². The molecule has 0 aliphatic carbocycles. The van der Waals surface area contributed by atoms with Crippen molar-refractivity contribution in [3.05, 3.63) is 83.4 Å². The molecule has 0 bridgehead atoms. The standard InChI is InChI=1S/C26H30N6O3/c27-20(11-6-14-31-26(29)30)23(33)22-18-10-5-4-9-17(18)12-13-19(22)24(34)32-25(35)21(28)15-16-7-2-1-3-8-16/h1-5,7-10,12-13,20-21H,6,11,14-15,27-28H2,(H4,29,30,31)(H,32,34,35)/t20-,21-/m0/s1. The molecule has 9 heteroatoms. The first-order valence-corrected chi connectivity index (χ1v) is 11.3. The number of carbonyl (C=O) groups is 3. The predicted octanol–water partition coefficient (Wildman–Crippen LogP) is 1.44. The summed E-state index contributed by atoms with van der Waals surface area (Å²) in [6, 6.07) is 17.8. The van der Waals surface area contributed by atoms with E-state index in [0.717, 1.165) is 10.9 Å². The molecule has 35 heavy (non-hydrogen) atoms. The average molecular weight is 475 g/mol. The van der Waals surface area contributed by atoms with E-state index < -0.39 is 29.7 Å². The summed E-state index contributed by atoms with van der Waals surface area (Å²) in [4.78, 5) is 39.1. The number of benzene rings is 3. The molecule has 9 N–H and O–H groups in total. The number of hydrogen-bond donors (Lipinski definition) is 6. The smallest absolute Gasteiger partial charge is 0.258 e. The first-order chi connectivity index (χ1) is 16.8. The summed E-state index contributed by atoms with van der Waals surface area (Å²) in [6.07, 6.45) is 1.10. The largest absolute Gasteiger partial charge is 0.370 e.